The number of aromatic nitrogens is 2. The molecule has 3 aromatic rings. The summed E-state index contributed by atoms with van der Waals surface area (Å²) in [7, 11) is 0. The molecule has 1 saturated carbocycles. The Morgan fingerprint density at radius 3 is 2.28 bits per heavy atom. The summed E-state index contributed by atoms with van der Waals surface area (Å²) in [6.45, 7) is 5.79. The monoisotopic (exact) mass is 620 g/mol. The van der Waals surface area contributed by atoms with E-state index in [9.17, 15) is 18.0 Å². The molecule has 1 aromatic carbocycles. The number of alkyl halides is 3. The van der Waals surface area contributed by atoms with Crippen LogP contribution >= 0.6 is 47.8 Å². The Morgan fingerprint density at radius 2 is 1.72 bits per heavy atom. The van der Waals surface area contributed by atoms with E-state index in [-0.39, 0.29) is 28.7 Å². The number of carbonyl (C=O) groups excluding carboxylic acids is 1. The minimum atomic E-state index is -4.59. The first kappa shape index (κ1) is 33.3. The second kappa shape index (κ2) is 15.2. The van der Waals surface area contributed by atoms with Crippen molar-refractivity contribution in [3.8, 4) is 0 Å². The van der Waals surface area contributed by atoms with Crippen molar-refractivity contribution >= 4 is 70.3 Å². The Labute approximate surface area is 247 Å². The van der Waals surface area contributed by atoms with Gasteiger partial charge in [0, 0.05) is 28.7 Å². The number of pyridine rings is 2. The number of fused-ring (bicyclic) bond motifs is 1. The molecule has 2 heterocycles. The first-order chi connectivity index (χ1) is 18.5. The quantitative estimate of drug-likeness (QED) is 0.226. The van der Waals surface area contributed by atoms with Gasteiger partial charge in [0.15, 0.2) is 0 Å². The van der Waals surface area contributed by atoms with Gasteiger partial charge in [-0.15, -0.1) is 0 Å². The van der Waals surface area contributed by atoms with Crippen LogP contribution in [-0.2, 0) is 6.18 Å². The van der Waals surface area contributed by atoms with E-state index in [1.165, 1.54) is 12.1 Å². The first-order valence-corrected chi connectivity index (χ1v) is 15.2. The van der Waals surface area contributed by atoms with Crippen molar-refractivity contribution in [2.45, 2.75) is 64.7 Å². The van der Waals surface area contributed by atoms with Crippen molar-refractivity contribution < 1.29 is 18.0 Å². The number of halogens is 5. The molecule has 0 bridgehead atoms. The fourth-order valence-corrected chi connectivity index (χ4v) is 5.09. The minimum absolute atomic E-state index is 0.0875. The molecule has 1 aliphatic rings. The third kappa shape index (κ3) is 8.80. The molecule has 1 fully saturated rings. The summed E-state index contributed by atoms with van der Waals surface area (Å²) in [6.07, 6.45) is 3.56. The van der Waals surface area contributed by atoms with Crippen LogP contribution in [0.15, 0.2) is 36.5 Å². The van der Waals surface area contributed by atoms with Gasteiger partial charge in [-0.05, 0) is 81.0 Å². The molecule has 0 saturated heterocycles. The van der Waals surface area contributed by atoms with Crippen LogP contribution in [0.4, 0.5) is 18.9 Å². The van der Waals surface area contributed by atoms with E-state index in [1.54, 1.807) is 41.3 Å². The zero-order valence-electron chi connectivity index (χ0n) is 22.4. The molecular formula is C27H33Cl2F3N4OS2. The van der Waals surface area contributed by atoms with Crippen molar-refractivity contribution in [3.05, 3.63) is 63.5 Å². The van der Waals surface area contributed by atoms with Crippen LogP contribution in [0.25, 0.3) is 10.9 Å². The summed E-state index contributed by atoms with van der Waals surface area (Å²) < 4.78 is 42.0. The number of amides is 1. The number of benzene rings is 1. The van der Waals surface area contributed by atoms with Crippen molar-refractivity contribution in [2.75, 3.05) is 16.8 Å². The average molecular weight is 622 g/mol. The molecule has 39 heavy (non-hydrogen) atoms. The highest BCUT2D eigenvalue weighted by atomic mass is 35.5. The van der Waals surface area contributed by atoms with Crippen LogP contribution in [-0.4, -0.2) is 40.5 Å². The predicted octanol–water partition coefficient (Wildman–Crippen LogP) is 8.66. The van der Waals surface area contributed by atoms with Crippen LogP contribution in [0.5, 0.6) is 0 Å². The van der Waals surface area contributed by atoms with Crippen LogP contribution < -0.4 is 9.62 Å². The number of hydrogen-bond donors (Lipinski definition) is 2. The zero-order valence-corrected chi connectivity index (χ0v) is 25.7. The first-order valence-electron chi connectivity index (χ1n) is 12.4. The number of hydrogen-bond acceptors (Lipinski definition) is 6. The zero-order chi connectivity index (χ0) is 29.3. The molecule has 12 heteroatoms. The maximum Gasteiger partial charge on any atom is 0.433 e. The van der Waals surface area contributed by atoms with Crippen LogP contribution in [0.1, 0.15) is 61.1 Å². The minimum Gasteiger partial charge on any atom is -0.349 e. The van der Waals surface area contributed by atoms with Crippen molar-refractivity contribution in [1.82, 2.24) is 15.3 Å². The number of thioether (sulfide) groups is 1. The summed E-state index contributed by atoms with van der Waals surface area (Å²) in [5.74, 6) is -0.286. The maximum atomic E-state index is 13.5. The molecule has 4 rings (SSSR count). The van der Waals surface area contributed by atoms with Gasteiger partial charge >= 0.3 is 6.18 Å². The Hall–Kier alpha value is -1.88. The summed E-state index contributed by atoms with van der Waals surface area (Å²) in [6, 6.07) is 7.07. The fourth-order valence-electron chi connectivity index (χ4n) is 4.23. The number of thiol groups is 1. The largest absolute Gasteiger partial charge is 0.433 e. The summed E-state index contributed by atoms with van der Waals surface area (Å²) in [5.41, 5.74) is 0.589. The van der Waals surface area contributed by atoms with Gasteiger partial charge in [-0.2, -0.15) is 24.9 Å². The average Bonchev–Trinajstić information content (AvgIpc) is 2.89. The molecule has 1 amide bonds. The molecule has 0 aliphatic heterocycles. The molecular weight excluding hydrogens is 588 g/mol. The molecule has 5 nitrogen and oxygen atoms in total. The van der Waals surface area contributed by atoms with Gasteiger partial charge < -0.3 is 9.62 Å². The van der Waals surface area contributed by atoms with Crippen LogP contribution in [0, 0.1) is 6.92 Å². The van der Waals surface area contributed by atoms with Gasteiger partial charge in [-0.3, -0.25) is 4.79 Å². The Kier molecular flexibility index (Phi) is 13.0. The normalized spacial score (nSPS) is 16.9. The van der Waals surface area contributed by atoms with E-state index in [1.807, 2.05) is 26.4 Å². The summed E-state index contributed by atoms with van der Waals surface area (Å²) in [5, 5.41) is 4.04. The van der Waals surface area contributed by atoms with E-state index in [4.69, 9.17) is 23.2 Å². The summed E-state index contributed by atoms with van der Waals surface area (Å²) >= 11 is 18.5. The summed E-state index contributed by atoms with van der Waals surface area (Å²) in [4.78, 5) is 20.4. The Morgan fingerprint density at radius 1 is 1.10 bits per heavy atom. The molecule has 2 aromatic heterocycles. The third-order valence-electron chi connectivity index (χ3n) is 6.00. The standard InChI is InChI=1S/C23H21Cl2F3N4OS.C2H6S.C2H6/c1-12-8-9-29-21(25)20(12)22(33)30-14-3-5-15(6-4-14)32(34)18-11-19(23(26,27)28)31-17-7-2-13(24)10-16(17)18;1-3-2;1-2/h2,7-11,14-15,34H,3-6H2,1H3,(H,30,33);1-2H3;1-2H3. The maximum absolute atomic E-state index is 13.5. The highest BCUT2D eigenvalue weighted by molar-refractivity contribution is 7.97. The number of rotatable bonds is 4. The number of nitrogens with one attached hydrogen (secondary N) is 1. The highest BCUT2D eigenvalue weighted by Crippen LogP contribution is 2.39. The number of anilines is 1. The van der Waals surface area contributed by atoms with Crippen molar-refractivity contribution in [1.29, 1.82) is 0 Å². The topological polar surface area (TPSA) is 58.1 Å². The molecule has 0 radical (unpaired) electrons. The van der Waals surface area contributed by atoms with Crippen molar-refractivity contribution in [3.63, 3.8) is 0 Å². The SMILES string of the molecule is CC.CSC.Cc1ccnc(Cl)c1C(=O)NC1CCC(N(S)c2cc(C(F)(F)F)nc3ccc(Cl)cc23)CC1. The van der Waals surface area contributed by atoms with Gasteiger partial charge in [-0.1, -0.05) is 49.9 Å². The van der Waals surface area contributed by atoms with E-state index in [0.717, 1.165) is 11.6 Å². The lowest BCUT2D eigenvalue weighted by Gasteiger charge is -2.35. The van der Waals surface area contributed by atoms with Crippen molar-refractivity contribution in [2.24, 2.45) is 0 Å². The Balaban J connectivity index is 0.000000998. The lowest BCUT2D eigenvalue weighted by molar-refractivity contribution is -0.140. The Bertz CT molecular complexity index is 1240. The molecule has 0 spiro atoms. The van der Waals surface area contributed by atoms with E-state index < -0.39 is 11.9 Å². The highest BCUT2D eigenvalue weighted by Gasteiger charge is 2.35. The fraction of sp³-hybridized carbons (Fsp3) is 0.444. The molecule has 1 aliphatic carbocycles. The second-order valence-electron chi connectivity index (χ2n) is 8.71. The number of aryl methyl sites for hydroxylation is 1. The molecule has 0 unspecified atom stereocenters. The third-order valence-corrected chi connectivity index (χ3v) is 7.07. The van der Waals surface area contributed by atoms with E-state index in [0.29, 0.717) is 47.3 Å². The lowest BCUT2D eigenvalue weighted by Crippen LogP contribution is -2.42. The smallest absolute Gasteiger partial charge is 0.349 e. The molecule has 0 atom stereocenters. The predicted molar refractivity (Wildman–Crippen MR) is 162 cm³/mol. The van der Waals surface area contributed by atoms with Gasteiger partial charge in [-0.25, -0.2) is 9.97 Å². The van der Waals surface area contributed by atoms with Gasteiger partial charge in [0.25, 0.3) is 5.91 Å². The second-order valence-corrected chi connectivity index (χ2v) is 10.8. The van der Waals surface area contributed by atoms with Gasteiger partial charge in [0.05, 0.1) is 16.8 Å². The number of carbonyl (C=O) groups is 1. The van der Waals surface area contributed by atoms with Crippen LogP contribution in [0.3, 0.4) is 0 Å². The van der Waals surface area contributed by atoms with E-state index >= 15 is 0 Å². The van der Waals surface area contributed by atoms with E-state index in [2.05, 4.69) is 28.1 Å². The molecule has 1 N–H and O–H groups in total. The van der Waals surface area contributed by atoms with Crippen LogP contribution in [0.2, 0.25) is 10.2 Å². The number of nitrogens with zero attached hydrogens (tertiary/aromatic N) is 3. The molecule has 214 valence electrons. The lowest BCUT2D eigenvalue weighted by atomic mass is 9.90. The van der Waals surface area contributed by atoms with Gasteiger partial charge in [0.1, 0.15) is 10.8 Å². The van der Waals surface area contributed by atoms with Gasteiger partial charge in [0.2, 0.25) is 0 Å².